The SMILES string of the molecule is CC(CCNc1cnn(C)c(=O)c1Cl)S(C)=O. The van der Waals surface area contributed by atoms with Crippen LogP contribution in [0.25, 0.3) is 0 Å². The van der Waals surface area contributed by atoms with Gasteiger partial charge >= 0.3 is 0 Å². The van der Waals surface area contributed by atoms with Crippen LogP contribution < -0.4 is 10.9 Å². The van der Waals surface area contributed by atoms with Gasteiger partial charge in [0.2, 0.25) is 0 Å². The highest BCUT2D eigenvalue weighted by Gasteiger charge is 2.09. The standard InChI is InChI=1S/C10H16ClN3O2S/c1-7(17(3)16)4-5-12-8-6-13-14(2)10(15)9(8)11/h6-7,12H,4-5H2,1-3H3. The largest absolute Gasteiger partial charge is 0.382 e. The van der Waals surface area contributed by atoms with Gasteiger partial charge in [0, 0.05) is 35.9 Å². The molecule has 17 heavy (non-hydrogen) atoms. The Labute approximate surface area is 108 Å². The lowest BCUT2D eigenvalue weighted by Crippen LogP contribution is -2.22. The Bertz CT molecular complexity index is 475. The monoisotopic (exact) mass is 277 g/mol. The molecule has 1 aromatic rings. The predicted octanol–water partition coefficient (Wildman–Crippen LogP) is 1.00. The number of hydrogen-bond acceptors (Lipinski definition) is 4. The molecule has 1 rings (SSSR count). The first-order chi connectivity index (χ1) is 7.93. The van der Waals surface area contributed by atoms with Gasteiger partial charge in [0.05, 0.1) is 11.9 Å². The molecule has 0 fully saturated rings. The quantitative estimate of drug-likeness (QED) is 0.872. The van der Waals surface area contributed by atoms with Crippen LogP contribution in [0.4, 0.5) is 5.69 Å². The van der Waals surface area contributed by atoms with Crippen LogP contribution in [0, 0.1) is 0 Å². The van der Waals surface area contributed by atoms with Crippen molar-refractivity contribution in [3.05, 3.63) is 21.6 Å². The van der Waals surface area contributed by atoms with Gasteiger partial charge < -0.3 is 5.32 Å². The minimum absolute atomic E-state index is 0.112. The van der Waals surface area contributed by atoms with Crippen LogP contribution in [0.3, 0.4) is 0 Å². The minimum atomic E-state index is -0.836. The van der Waals surface area contributed by atoms with Gasteiger partial charge in [-0.25, -0.2) is 4.68 Å². The van der Waals surface area contributed by atoms with Crippen molar-refractivity contribution in [3.63, 3.8) is 0 Å². The number of halogens is 1. The van der Waals surface area contributed by atoms with Crippen LogP contribution in [0.5, 0.6) is 0 Å². The number of aryl methyl sites for hydroxylation is 1. The number of nitrogens with one attached hydrogen (secondary N) is 1. The number of nitrogens with zero attached hydrogens (tertiary/aromatic N) is 2. The maximum absolute atomic E-state index is 11.5. The fourth-order valence-electron chi connectivity index (χ4n) is 1.21. The minimum Gasteiger partial charge on any atom is -0.382 e. The van der Waals surface area contributed by atoms with E-state index in [9.17, 15) is 9.00 Å². The van der Waals surface area contributed by atoms with Crippen molar-refractivity contribution in [1.82, 2.24) is 9.78 Å². The van der Waals surface area contributed by atoms with E-state index < -0.39 is 10.8 Å². The van der Waals surface area contributed by atoms with E-state index in [1.54, 1.807) is 13.3 Å². The summed E-state index contributed by atoms with van der Waals surface area (Å²) in [6.07, 6.45) is 3.93. The molecule has 0 aliphatic carbocycles. The molecule has 0 amide bonds. The molecule has 0 aliphatic rings. The molecule has 0 aliphatic heterocycles. The van der Waals surface area contributed by atoms with Gasteiger partial charge in [0.25, 0.3) is 5.56 Å². The molecule has 1 heterocycles. The molecule has 0 saturated carbocycles. The second kappa shape index (κ2) is 6.16. The zero-order chi connectivity index (χ0) is 13.0. The third kappa shape index (κ3) is 3.81. The summed E-state index contributed by atoms with van der Waals surface area (Å²) < 4.78 is 12.3. The van der Waals surface area contributed by atoms with Crippen molar-refractivity contribution in [2.75, 3.05) is 18.1 Å². The molecule has 0 aromatic carbocycles. The summed E-state index contributed by atoms with van der Waals surface area (Å²) >= 11 is 5.88. The highest BCUT2D eigenvalue weighted by Crippen LogP contribution is 2.15. The second-order valence-electron chi connectivity index (χ2n) is 3.83. The number of rotatable bonds is 5. The average molecular weight is 278 g/mol. The van der Waals surface area contributed by atoms with E-state index in [-0.39, 0.29) is 15.8 Å². The van der Waals surface area contributed by atoms with Gasteiger partial charge in [-0.15, -0.1) is 0 Å². The first-order valence-corrected chi connectivity index (χ1v) is 7.21. The Balaban J connectivity index is 2.62. The lowest BCUT2D eigenvalue weighted by atomic mass is 10.3. The Hall–Kier alpha value is -0.880. The third-order valence-corrected chi connectivity index (χ3v) is 4.25. The van der Waals surface area contributed by atoms with E-state index in [0.29, 0.717) is 12.2 Å². The molecule has 96 valence electrons. The fraction of sp³-hybridized carbons (Fsp3) is 0.600. The summed E-state index contributed by atoms with van der Waals surface area (Å²) in [6.45, 7) is 2.52. The molecular formula is C10H16ClN3O2S. The van der Waals surface area contributed by atoms with E-state index in [0.717, 1.165) is 6.42 Å². The average Bonchev–Trinajstić information content (AvgIpc) is 2.28. The van der Waals surface area contributed by atoms with Gasteiger partial charge in [-0.3, -0.25) is 9.00 Å². The Kier molecular flexibility index (Phi) is 5.14. The maximum atomic E-state index is 11.5. The normalized spacial score (nSPS) is 14.4. The van der Waals surface area contributed by atoms with Gasteiger partial charge in [0.15, 0.2) is 0 Å². The molecule has 0 radical (unpaired) electrons. The van der Waals surface area contributed by atoms with Gasteiger partial charge in [-0.05, 0) is 6.42 Å². The first-order valence-electron chi connectivity index (χ1n) is 5.21. The number of anilines is 1. The number of aromatic nitrogens is 2. The van der Waals surface area contributed by atoms with Crippen LogP contribution >= 0.6 is 11.6 Å². The summed E-state index contributed by atoms with van der Waals surface area (Å²) in [5.41, 5.74) is 0.188. The van der Waals surface area contributed by atoms with Crippen molar-refractivity contribution in [3.8, 4) is 0 Å². The lowest BCUT2D eigenvalue weighted by molar-refractivity contribution is 0.672. The fourth-order valence-corrected chi connectivity index (χ4v) is 1.90. The van der Waals surface area contributed by atoms with Crippen molar-refractivity contribution in [1.29, 1.82) is 0 Å². The first kappa shape index (κ1) is 14.2. The smallest absolute Gasteiger partial charge is 0.287 e. The Morgan fingerprint density at radius 2 is 2.29 bits per heavy atom. The molecule has 1 aromatic heterocycles. The van der Waals surface area contributed by atoms with Crippen molar-refractivity contribution in [2.24, 2.45) is 7.05 Å². The molecular weight excluding hydrogens is 262 g/mol. The zero-order valence-electron chi connectivity index (χ0n) is 10.1. The maximum Gasteiger partial charge on any atom is 0.287 e. The van der Waals surface area contributed by atoms with Gasteiger partial charge in [0.1, 0.15) is 5.02 Å². The highest BCUT2D eigenvalue weighted by atomic mass is 35.5. The zero-order valence-corrected chi connectivity index (χ0v) is 11.6. The van der Waals surface area contributed by atoms with E-state index in [1.165, 1.54) is 10.9 Å². The summed E-state index contributed by atoms with van der Waals surface area (Å²) in [4.78, 5) is 11.5. The topological polar surface area (TPSA) is 64.0 Å². The summed E-state index contributed by atoms with van der Waals surface area (Å²) in [5, 5.41) is 7.14. The van der Waals surface area contributed by atoms with Crippen LogP contribution in [0.1, 0.15) is 13.3 Å². The third-order valence-electron chi connectivity index (χ3n) is 2.51. The van der Waals surface area contributed by atoms with Crippen molar-refractivity contribution >= 4 is 28.1 Å². The molecule has 5 nitrogen and oxygen atoms in total. The van der Waals surface area contributed by atoms with Crippen molar-refractivity contribution in [2.45, 2.75) is 18.6 Å². The van der Waals surface area contributed by atoms with E-state index in [2.05, 4.69) is 10.4 Å². The van der Waals surface area contributed by atoms with Crippen LogP contribution in [0.2, 0.25) is 5.02 Å². The highest BCUT2D eigenvalue weighted by molar-refractivity contribution is 7.84. The summed E-state index contributed by atoms with van der Waals surface area (Å²) in [5.74, 6) is 0. The molecule has 1 N–H and O–H groups in total. The summed E-state index contributed by atoms with van der Waals surface area (Å²) in [7, 11) is 0.706. The van der Waals surface area contributed by atoms with Crippen molar-refractivity contribution < 1.29 is 4.21 Å². The molecule has 2 atom stereocenters. The molecule has 2 unspecified atom stereocenters. The predicted molar refractivity (Wildman–Crippen MR) is 71.1 cm³/mol. The van der Waals surface area contributed by atoms with Crippen LogP contribution in [-0.4, -0.2) is 32.0 Å². The van der Waals surface area contributed by atoms with Gasteiger partial charge in [-0.1, -0.05) is 18.5 Å². The molecule has 7 heteroatoms. The molecule has 0 bridgehead atoms. The Morgan fingerprint density at radius 3 is 2.88 bits per heavy atom. The summed E-state index contributed by atoms with van der Waals surface area (Å²) in [6, 6.07) is 0. The van der Waals surface area contributed by atoms with E-state index >= 15 is 0 Å². The van der Waals surface area contributed by atoms with Gasteiger partial charge in [-0.2, -0.15) is 5.10 Å². The molecule has 0 spiro atoms. The number of hydrogen-bond donors (Lipinski definition) is 1. The lowest BCUT2D eigenvalue weighted by Gasteiger charge is -2.11. The molecule has 0 saturated heterocycles. The van der Waals surface area contributed by atoms with Crippen LogP contribution in [0.15, 0.2) is 11.0 Å². The van der Waals surface area contributed by atoms with E-state index in [1.807, 2.05) is 6.92 Å². The van der Waals surface area contributed by atoms with Crippen LogP contribution in [-0.2, 0) is 17.8 Å². The Morgan fingerprint density at radius 1 is 1.65 bits per heavy atom. The second-order valence-corrected chi connectivity index (χ2v) is 6.01. The van der Waals surface area contributed by atoms with E-state index in [4.69, 9.17) is 11.6 Å².